The third-order valence-electron chi connectivity index (χ3n) is 3.88. The van der Waals surface area contributed by atoms with Gasteiger partial charge in [-0.3, -0.25) is 4.79 Å². The SMILES string of the molecule is C[C@H]1C[C@@H]1c1ccc(CCC(=O)Nc2ccc(Cl)cc2)o1. The van der Waals surface area contributed by atoms with Crippen molar-refractivity contribution in [2.75, 3.05) is 5.32 Å². The van der Waals surface area contributed by atoms with Crippen LogP contribution < -0.4 is 5.32 Å². The van der Waals surface area contributed by atoms with Crippen LogP contribution in [0.25, 0.3) is 0 Å². The molecule has 1 heterocycles. The van der Waals surface area contributed by atoms with Crippen LogP contribution in [0.1, 0.15) is 37.2 Å². The van der Waals surface area contributed by atoms with Crippen molar-refractivity contribution in [3.63, 3.8) is 0 Å². The maximum absolute atomic E-state index is 11.9. The molecule has 1 N–H and O–H groups in total. The van der Waals surface area contributed by atoms with Crippen molar-refractivity contribution in [1.29, 1.82) is 0 Å². The summed E-state index contributed by atoms with van der Waals surface area (Å²) in [5, 5.41) is 3.51. The standard InChI is InChI=1S/C17H18ClNO2/c1-11-10-15(11)16-8-6-14(21-16)7-9-17(20)19-13-4-2-12(18)3-5-13/h2-6,8,11,15H,7,9-10H2,1H3,(H,19,20)/t11-,15-/m0/s1. The molecule has 0 bridgehead atoms. The highest BCUT2D eigenvalue weighted by Gasteiger charge is 2.36. The summed E-state index contributed by atoms with van der Waals surface area (Å²) in [5.41, 5.74) is 0.760. The summed E-state index contributed by atoms with van der Waals surface area (Å²) >= 11 is 5.81. The molecule has 0 saturated heterocycles. The second kappa shape index (κ2) is 5.94. The second-order valence-electron chi connectivity index (χ2n) is 5.68. The summed E-state index contributed by atoms with van der Waals surface area (Å²) in [6, 6.07) is 11.1. The third-order valence-corrected chi connectivity index (χ3v) is 4.14. The summed E-state index contributed by atoms with van der Waals surface area (Å²) in [6.45, 7) is 2.23. The van der Waals surface area contributed by atoms with Crippen LogP contribution in [0.5, 0.6) is 0 Å². The molecule has 1 fully saturated rings. The number of furan rings is 1. The molecule has 1 aliphatic carbocycles. The summed E-state index contributed by atoms with van der Waals surface area (Å²) in [7, 11) is 0. The zero-order chi connectivity index (χ0) is 14.8. The van der Waals surface area contributed by atoms with Crippen molar-refractivity contribution in [2.24, 2.45) is 5.92 Å². The fraction of sp³-hybridized carbons (Fsp3) is 0.353. The molecule has 0 unspecified atom stereocenters. The highest BCUT2D eigenvalue weighted by molar-refractivity contribution is 6.30. The molecule has 3 nitrogen and oxygen atoms in total. The first-order chi connectivity index (χ1) is 10.1. The molecule has 2 aromatic rings. The van der Waals surface area contributed by atoms with Crippen molar-refractivity contribution in [3.05, 3.63) is 52.9 Å². The first kappa shape index (κ1) is 14.2. The lowest BCUT2D eigenvalue weighted by atomic mass is 10.2. The number of nitrogens with one attached hydrogen (secondary N) is 1. The van der Waals surface area contributed by atoms with Gasteiger partial charge in [-0.1, -0.05) is 18.5 Å². The molecular weight excluding hydrogens is 286 g/mol. The Morgan fingerprint density at radius 2 is 2.00 bits per heavy atom. The molecule has 4 heteroatoms. The van der Waals surface area contributed by atoms with E-state index in [9.17, 15) is 4.79 Å². The molecule has 1 aromatic heterocycles. The first-order valence-electron chi connectivity index (χ1n) is 7.26. The van der Waals surface area contributed by atoms with Gasteiger partial charge in [-0.15, -0.1) is 0 Å². The second-order valence-corrected chi connectivity index (χ2v) is 6.12. The Labute approximate surface area is 129 Å². The number of anilines is 1. The highest BCUT2D eigenvalue weighted by Crippen LogP contribution is 2.47. The van der Waals surface area contributed by atoms with E-state index in [1.54, 1.807) is 24.3 Å². The Kier molecular flexibility index (Phi) is 4.02. The van der Waals surface area contributed by atoms with Gasteiger partial charge in [-0.05, 0) is 48.7 Å². The van der Waals surface area contributed by atoms with E-state index in [0.29, 0.717) is 23.8 Å². The van der Waals surface area contributed by atoms with Crippen molar-refractivity contribution in [2.45, 2.75) is 32.1 Å². The average Bonchev–Trinajstić information content (AvgIpc) is 3.01. The van der Waals surface area contributed by atoms with E-state index in [0.717, 1.165) is 23.1 Å². The Hall–Kier alpha value is -1.74. The number of hydrogen-bond donors (Lipinski definition) is 1. The van der Waals surface area contributed by atoms with Gasteiger partial charge in [-0.2, -0.15) is 0 Å². The van der Waals surface area contributed by atoms with E-state index in [2.05, 4.69) is 12.2 Å². The summed E-state index contributed by atoms with van der Waals surface area (Å²) < 4.78 is 5.80. The number of hydrogen-bond acceptors (Lipinski definition) is 2. The normalized spacial score (nSPS) is 20.3. The fourth-order valence-corrected chi connectivity index (χ4v) is 2.57. The van der Waals surface area contributed by atoms with E-state index >= 15 is 0 Å². The maximum Gasteiger partial charge on any atom is 0.224 e. The van der Waals surface area contributed by atoms with E-state index in [4.69, 9.17) is 16.0 Å². The number of carbonyl (C=O) groups excluding carboxylic acids is 1. The van der Waals surface area contributed by atoms with Gasteiger partial charge >= 0.3 is 0 Å². The Morgan fingerprint density at radius 1 is 1.29 bits per heavy atom. The van der Waals surface area contributed by atoms with Gasteiger partial charge in [0.1, 0.15) is 11.5 Å². The molecule has 1 amide bonds. The summed E-state index contributed by atoms with van der Waals surface area (Å²) in [6.07, 6.45) is 2.25. The molecule has 21 heavy (non-hydrogen) atoms. The predicted octanol–water partition coefficient (Wildman–Crippen LogP) is 4.63. The van der Waals surface area contributed by atoms with Gasteiger partial charge in [0.2, 0.25) is 5.91 Å². The van der Waals surface area contributed by atoms with E-state index in [1.165, 1.54) is 6.42 Å². The van der Waals surface area contributed by atoms with Gasteiger partial charge in [0.05, 0.1) is 0 Å². The summed E-state index contributed by atoms with van der Waals surface area (Å²) in [4.78, 5) is 11.9. The van der Waals surface area contributed by atoms with Gasteiger partial charge < -0.3 is 9.73 Å². The molecule has 1 aliphatic rings. The van der Waals surface area contributed by atoms with E-state index < -0.39 is 0 Å². The Morgan fingerprint density at radius 3 is 2.67 bits per heavy atom. The minimum Gasteiger partial charge on any atom is -0.466 e. The van der Waals surface area contributed by atoms with Crippen molar-refractivity contribution >= 4 is 23.2 Å². The van der Waals surface area contributed by atoms with Crippen LogP contribution in [0.4, 0.5) is 5.69 Å². The maximum atomic E-state index is 11.9. The molecule has 110 valence electrons. The van der Waals surface area contributed by atoms with Gasteiger partial charge in [0.15, 0.2) is 0 Å². The molecule has 3 rings (SSSR count). The van der Waals surface area contributed by atoms with Gasteiger partial charge in [-0.25, -0.2) is 0 Å². The van der Waals surface area contributed by atoms with Crippen LogP contribution in [0.3, 0.4) is 0 Å². The predicted molar refractivity (Wildman–Crippen MR) is 83.6 cm³/mol. The summed E-state index contributed by atoms with van der Waals surface area (Å²) in [5.74, 6) is 3.25. The van der Waals surface area contributed by atoms with Crippen molar-refractivity contribution < 1.29 is 9.21 Å². The van der Waals surface area contributed by atoms with E-state index in [-0.39, 0.29) is 5.91 Å². The molecule has 1 saturated carbocycles. The smallest absolute Gasteiger partial charge is 0.224 e. The minimum absolute atomic E-state index is 0.0185. The quantitative estimate of drug-likeness (QED) is 0.875. The third kappa shape index (κ3) is 3.67. The number of benzene rings is 1. The fourth-order valence-electron chi connectivity index (χ4n) is 2.44. The lowest BCUT2D eigenvalue weighted by molar-refractivity contribution is -0.116. The number of halogens is 1. The molecule has 1 aromatic carbocycles. The molecule has 0 aliphatic heterocycles. The molecule has 2 atom stereocenters. The molecular formula is C17H18ClNO2. The van der Waals surface area contributed by atoms with Gasteiger partial charge in [0, 0.05) is 29.5 Å². The van der Waals surface area contributed by atoms with Crippen LogP contribution in [-0.2, 0) is 11.2 Å². The van der Waals surface area contributed by atoms with Crippen LogP contribution in [-0.4, -0.2) is 5.91 Å². The van der Waals surface area contributed by atoms with Crippen molar-refractivity contribution in [3.8, 4) is 0 Å². The largest absolute Gasteiger partial charge is 0.466 e. The topological polar surface area (TPSA) is 42.2 Å². The van der Waals surface area contributed by atoms with Crippen LogP contribution in [0.2, 0.25) is 5.02 Å². The monoisotopic (exact) mass is 303 g/mol. The lowest BCUT2D eigenvalue weighted by Crippen LogP contribution is -2.11. The van der Waals surface area contributed by atoms with Gasteiger partial charge in [0.25, 0.3) is 0 Å². The minimum atomic E-state index is -0.0185. The molecule has 0 spiro atoms. The zero-order valence-electron chi connectivity index (χ0n) is 11.9. The number of aryl methyl sites for hydroxylation is 1. The Balaban J connectivity index is 1.49. The van der Waals surface area contributed by atoms with Crippen LogP contribution in [0.15, 0.2) is 40.8 Å². The number of carbonyl (C=O) groups is 1. The Bertz CT molecular complexity index is 632. The van der Waals surface area contributed by atoms with Crippen molar-refractivity contribution in [1.82, 2.24) is 0 Å². The first-order valence-corrected chi connectivity index (χ1v) is 7.63. The number of amides is 1. The van der Waals surface area contributed by atoms with Crippen LogP contribution >= 0.6 is 11.6 Å². The van der Waals surface area contributed by atoms with Crippen LogP contribution in [0, 0.1) is 5.92 Å². The molecule has 0 radical (unpaired) electrons. The number of rotatable bonds is 5. The zero-order valence-corrected chi connectivity index (χ0v) is 12.7. The van der Waals surface area contributed by atoms with E-state index in [1.807, 2.05) is 12.1 Å². The average molecular weight is 304 g/mol. The highest BCUT2D eigenvalue weighted by atomic mass is 35.5. The lowest BCUT2D eigenvalue weighted by Gasteiger charge is -2.04.